The van der Waals surface area contributed by atoms with Crippen LogP contribution >= 0.6 is 12.2 Å². The maximum Gasteiger partial charge on any atom is 0.103 e. The molecule has 3 N–H and O–H groups in total. The van der Waals surface area contributed by atoms with Gasteiger partial charge in [-0.3, -0.25) is 0 Å². The normalized spacial score (nSPS) is 18.3. The van der Waals surface area contributed by atoms with Gasteiger partial charge < -0.3 is 11.1 Å². The molecular formula is C13H18N2S. The van der Waals surface area contributed by atoms with E-state index in [0.29, 0.717) is 4.99 Å². The van der Waals surface area contributed by atoms with Crippen molar-refractivity contribution in [3.8, 4) is 0 Å². The first-order valence-corrected chi connectivity index (χ1v) is 6.18. The second kappa shape index (κ2) is 4.42. The van der Waals surface area contributed by atoms with Gasteiger partial charge in [-0.25, -0.2) is 0 Å². The van der Waals surface area contributed by atoms with Gasteiger partial charge in [0.1, 0.15) is 4.99 Å². The number of benzene rings is 1. The highest BCUT2D eigenvalue weighted by Crippen LogP contribution is 2.32. The predicted molar refractivity (Wildman–Crippen MR) is 72.8 cm³/mol. The second-order valence-electron chi connectivity index (χ2n) is 4.83. The highest BCUT2D eigenvalue weighted by atomic mass is 32.1. The number of nitrogens with two attached hydrogens (primary N) is 1. The summed E-state index contributed by atoms with van der Waals surface area (Å²) in [6, 6.07) is 8.06. The van der Waals surface area contributed by atoms with Gasteiger partial charge in [-0.2, -0.15) is 0 Å². The largest absolute Gasteiger partial charge is 0.389 e. The highest BCUT2D eigenvalue weighted by Gasteiger charge is 2.27. The minimum absolute atomic E-state index is 0.269. The summed E-state index contributed by atoms with van der Waals surface area (Å²) in [4.78, 5) is 0.457. The van der Waals surface area contributed by atoms with Crippen molar-refractivity contribution in [2.24, 2.45) is 5.73 Å². The molecule has 0 radical (unpaired) electrons. The lowest BCUT2D eigenvalue weighted by Gasteiger charge is -2.26. The van der Waals surface area contributed by atoms with Crippen molar-refractivity contribution in [1.82, 2.24) is 0 Å². The van der Waals surface area contributed by atoms with Gasteiger partial charge in [-0.1, -0.05) is 25.1 Å². The lowest BCUT2D eigenvalue weighted by molar-refractivity contribution is 0.533. The molecule has 1 aromatic carbocycles. The van der Waals surface area contributed by atoms with E-state index in [2.05, 4.69) is 24.4 Å². The zero-order valence-electron chi connectivity index (χ0n) is 9.62. The third kappa shape index (κ3) is 2.53. The first-order chi connectivity index (χ1) is 7.59. The van der Waals surface area contributed by atoms with E-state index in [-0.39, 0.29) is 5.54 Å². The molecule has 0 aliphatic heterocycles. The Morgan fingerprint density at radius 3 is 2.31 bits per heavy atom. The molecule has 0 atom stereocenters. The average Bonchev–Trinajstić information content (AvgIpc) is 2.65. The van der Waals surface area contributed by atoms with Crippen LogP contribution in [0.15, 0.2) is 24.3 Å². The van der Waals surface area contributed by atoms with E-state index in [1.165, 1.54) is 25.7 Å². The summed E-state index contributed by atoms with van der Waals surface area (Å²) in [5.74, 6) is 0. The van der Waals surface area contributed by atoms with Crippen molar-refractivity contribution < 1.29 is 0 Å². The standard InChI is InChI=1S/C13H18N2S/c1-13(8-2-3-9-13)15-11-6-4-10(5-7-11)12(14)16/h4-7,15H,2-3,8-9H2,1H3,(H2,14,16). The van der Waals surface area contributed by atoms with Gasteiger partial charge in [0.2, 0.25) is 0 Å². The number of anilines is 1. The van der Waals surface area contributed by atoms with Crippen LogP contribution in [0.5, 0.6) is 0 Å². The first-order valence-electron chi connectivity index (χ1n) is 5.77. The maximum absolute atomic E-state index is 5.56. The van der Waals surface area contributed by atoms with Crippen molar-refractivity contribution in [2.75, 3.05) is 5.32 Å². The molecule has 16 heavy (non-hydrogen) atoms. The van der Waals surface area contributed by atoms with Crippen LogP contribution < -0.4 is 11.1 Å². The van der Waals surface area contributed by atoms with Crippen molar-refractivity contribution >= 4 is 22.9 Å². The van der Waals surface area contributed by atoms with Crippen LogP contribution in [0.3, 0.4) is 0 Å². The molecule has 0 unspecified atom stereocenters. The van der Waals surface area contributed by atoms with E-state index in [4.69, 9.17) is 18.0 Å². The van der Waals surface area contributed by atoms with Gasteiger partial charge in [0.25, 0.3) is 0 Å². The minimum atomic E-state index is 0.269. The Bertz CT molecular complexity index is 377. The summed E-state index contributed by atoms with van der Waals surface area (Å²) in [7, 11) is 0. The summed E-state index contributed by atoms with van der Waals surface area (Å²) in [6.07, 6.45) is 5.16. The van der Waals surface area contributed by atoms with Crippen LogP contribution in [0.4, 0.5) is 5.69 Å². The van der Waals surface area contributed by atoms with Crippen molar-refractivity contribution in [3.05, 3.63) is 29.8 Å². The molecule has 1 fully saturated rings. The van der Waals surface area contributed by atoms with Gasteiger partial charge >= 0.3 is 0 Å². The van der Waals surface area contributed by atoms with E-state index in [0.717, 1.165) is 11.3 Å². The number of hydrogen-bond acceptors (Lipinski definition) is 2. The fourth-order valence-electron chi connectivity index (χ4n) is 2.35. The third-order valence-corrected chi connectivity index (χ3v) is 3.56. The average molecular weight is 234 g/mol. The van der Waals surface area contributed by atoms with Gasteiger partial charge in [-0.05, 0) is 44.0 Å². The summed E-state index contributed by atoms with van der Waals surface area (Å²) < 4.78 is 0. The molecule has 1 aliphatic rings. The van der Waals surface area contributed by atoms with Gasteiger partial charge in [0.15, 0.2) is 0 Å². The van der Waals surface area contributed by atoms with Gasteiger partial charge in [0, 0.05) is 16.8 Å². The van der Waals surface area contributed by atoms with Crippen LogP contribution in [-0.2, 0) is 0 Å². The molecule has 0 amide bonds. The van der Waals surface area contributed by atoms with Crippen molar-refractivity contribution in [3.63, 3.8) is 0 Å². The fourth-order valence-corrected chi connectivity index (χ4v) is 2.48. The number of thiocarbonyl (C=S) groups is 1. The Morgan fingerprint density at radius 2 is 1.81 bits per heavy atom. The fraction of sp³-hybridized carbons (Fsp3) is 0.462. The van der Waals surface area contributed by atoms with E-state index in [9.17, 15) is 0 Å². The Kier molecular flexibility index (Phi) is 3.15. The molecule has 1 saturated carbocycles. The Morgan fingerprint density at radius 1 is 1.25 bits per heavy atom. The molecule has 2 nitrogen and oxygen atoms in total. The molecule has 3 heteroatoms. The lowest BCUT2D eigenvalue weighted by atomic mass is 10.00. The minimum Gasteiger partial charge on any atom is -0.389 e. The molecule has 1 aromatic rings. The first kappa shape index (κ1) is 11.4. The molecule has 1 aliphatic carbocycles. The van der Waals surface area contributed by atoms with Crippen LogP contribution in [0, 0.1) is 0 Å². The zero-order chi connectivity index (χ0) is 11.6. The number of rotatable bonds is 3. The Hall–Kier alpha value is -1.09. The van der Waals surface area contributed by atoms with E-state index < -0.39 is 0 Å². The van der Waals surface area contributed by atoms with Crippen LogP contribution in [0.1, 0.15) is 38.2 Å². The SMILES string of the molecule is CC1(Nc2ccc(C(N)=S)cc2)CCCC1. The molecule has 2 rings (SSSR count). The van der Waals surface area contributed by atoms with E-state index in [1.807, 2.05) is 12.1 Å². The summed E-state index contributed by atoms with van der Waals surface area (Å²) in [5, 5.41) is 3.60. The smallest absolute Gasteiger partial charge is 0.103 e. The molecule has 0 aromatic heterocycles. The van der Waals surface area contributed by atoms with E-state index in [1.54, 1.807) is 0 Å². The van der Waals surface area contributed by atoms with Crippen LogP contribution in [0.25, 0.3) is 0 Å². The molecule has 0 saturated heterocycles. The highest BCUT2D eigenvalue weighted by molar-refractivity contribution is 7.80. The van der Waals surface area contributed by atoms with Crippen molar-refractivity contribution in [2.45, 2.75) is 38.1 Å². The van der Waals surface area contributed by atoms with Crippen LogP contribution in [-0.4, -0.2) is 10.5 Å². The number of nitrogens with one attached hydrogen (secondary N) is 1. The summed E-state index contributed by atoms with van der Waals surface area (Å²) >= 11 is 4.93. The molecule has 0 bridgehead atoms. The van der Waals surface area contributed by atoms with E-state index >= 15 is 0 Å². The zero-order valence-corrected chi connectivity index (χ0v) is 10.4. The van der Waals surface area contributed by atoms with Gasteiger partial charge in [-0.15, -0.1) is 0 Å². The van der Waals surface area contributed by atoms with Gasteiger partial charge in [0.05, 0.1) is 0 Å². The second-order valence-corrected chi connectivity index (χ2v) is 5.27. The Balaban J connectivity index is 2.07. The van der Waals surface area contributed by atoms with Crippen molar-refractivity contribution in [1.29, 1.82) is 0 Å². The maximum atomic E-state index is 5.56. The predicted octanol–water partition coefficient (Wildman–Crippen LogP) is 3.07. The molecular weight excluding hydrogens is 216 g/mol. The third-order valence-electron chi connectivity index (χ3n) is 3.32. The topological polar surface area (TPSA) is 38.0 Å². The molecule has 0 heterocycles. The number of hydrogen-bond donors (Lipinski definition) is 2. The molecule has 86 valence electrons. The quantitative estimate of drug-likeness (QED) is 0.789. The Labute approximate surface area is 102 Å². The summed E-state index contributed by atoms with van der Waals surface area (Å²) in [6.45, 7) is 2.29. The monoisotopic (exact) mass is 234 g/mol. The lowest BCUT2D eigenvalue weighted by Crippen LogP contribution is -2.30. The molecule has 0 spiro atoms. The van der Waals surface area contributed by atoms with Crippen LogP contribution in [0.2, 0.25) is 0 Å². The summed E-state index contributed by atoms with van der Waals surface area (Å²) in [5.41, 5.74) is 7.92.